The molecule has 1 amide bonds. The summed E-state index contributed by atoms with van der Waals surface area (Å²) in [5.41, 5.74) is -1.31. The molecule has 0 heterocycles. The summed E-state index contributed by atoms with van der Waals surface area (Å²) in [5, 5.41) is 2.68. The van der Waals surface area contributed by atoms with Crippen LogP contribution in [0.25, 0.3) is 0 Å². The summed E-state index contributed by atoms with van der Waals surface area (Å²) in [6.45, 7) is 0. The molecule has 0 saturated heterocycles. The van der Waals surface area contributed by atoms with Crippen LogP contribution in [-0.2, 0) is 11.0 Å². The second-order valence-electron chi connectivity index (χ2n) is 4.45. The number of hydrogen-bond acceptors (Lipinski definition) is 2. The van der Waals surface area contributed by atoms with E-state index < -0.39 is 17.6 Å². The monoisotopic (exact) mass is 379 g/mol. The molecule has 0 saturated carbocycles. The number of alkyl halides is 3. The van der Waals surface area contributed by atoms with Gasteiger partial charge in [0.2, 0.25) is 5.91 Å². The van der Waals surface area contributed by atoms with Crippen LogP contribution in [0.5, 0.6) is 0 Å². The van der Waals surface area contributed by atoms with E-state index in [1.54, 1.807) is 24.3 Å². The van der Waals surface area contributed by atoms with E-state index in [0.29, 0.717) is 9.92 Å². The smallest absolute Gasteiger partial charge is 0.325 e. The summed E-state index contributed by atoms with van der Waals surface area (Å²) in [6, 6.07) is 10.1. The van der Waals surface area contributed by atoms with Crippen LogP contribution in [0.3, 0.4) is 0 Å². The largest absolute Gasteiger partial charge is 0.418 e. The maximum absolute atomic E-state index is 12.9. The van der Waals surface area contributed by atoms with Crippen LogP contribution in [0.15, 0.2) is 47.4 Å². The Balaban J connectivity index is 2.08. The Kier molecular flexibility index (Phi) is 5.84. The number of anilines is 1. The van der Waals surface area contributed by atoms with Crippen molar-refractivity contribution in [2.24, 2.45) is 0 Å². The molecule has 0 unspecified atom stereocenters. The molecule has 8 heteroatoms. The quantitative estimate of drug-likeness (QED) is 0.685. The highest BCUT2D eigenvalue weighted by molar-refractivity contribution is 8.00. The second-order valence-corrected chi connectivity index (χ2v) is 6.32. The van der Waals surface area contributed by atoms with Gasteiger partial charge < -0.3 is 5.32 Å². The third kappa shape index (κ3) is 5.06. The topological polar surface area (TPSA) is 29.1 Å². The van der Waals surface area contributed by atoms with Crippen LogP contribution < -0.4 is 5.32 Å². The molecular formula is C15H10Cl2F3NOS. The molecule has 2 nitrogen and oxygen atoms in total. The Bertz CT molecular complexity index is 722. The normalized spacial score (nSPS) is 11.3. The van der Waals surface area contributed by atoms with Crippen molar-refractivity contribution in [2.45, 2.75) is 11.1 Å². The van der Waals surface area contributed by atoms with Gasteiger partial charge in [-0.25, -0.2) is 0 Å². The van der Waals surface area contributed by atoms with Crippen LogP contribution >= 0.6 is 35.0 Å². The highest BCUT2D eigenvalue weighted by Crippen LogP contribution is 2.36. The number of carbonyl (C=O) groups is 1. The number of benzene rings is 2. The van der Waals surface area contributed by atoms with Gasteiger partial charge in [-0.2, -0.15) is 13.2 Å². The zero-order valence-corrected chi connectivity index (χ0v) is 13.8. The van der Waals surface area contributed by atoms with E-state index in [9.17, 15) is 18.0 Å². The second kappa shape index (κ2) is 7.47. The maximum atomic E-state index is 12.9. The van der Waals surface area contributed by atoms with Gasteiger partial charge in [-0.1, -0.05) is 35.3 Å². The average molecular weight is 380 g/mol. The fraction of sp³-hybridized carbons (Fsp3) is 0.133. The Labute approximate surface area is 145 Å². The fourth-order valence-electron chi connectivity index (χ4n) is 1.75. The molecule has 23 heavy (non-hydrogen) atoms. The number of hydrogen-bond donors (Lipinski definition) is 1. The summed E-state index contributed by atoms with van der Waals surface area (Å²) in [6.07, 6.45) is -4.61. The van der Waals surface area contributed by atoms with Crippen LogP contribution in [0.2, 0.25) is 10.0 Å². The van der Waals surface area contributed by atoms with Crippen LogP contribution in [0, 0.1) is 0 Å². The molecule has 0 aliphatic carbocycles. The molecule has 0 fully saturated rings. The van der Waals surface area contributed by atoms with E-state index in [4.69, 9.17) is 23.2 Å². The number of nitrogens with one attached hydrogen (secondary N) is 1. The number of amides is 1. The average Bonchev–Trinajstić information content (AvgIpc) is 2.47. The summed E-state index contributed by atoms with van der Waals surface area (Å²) < 4.78 is 38.8. The molecule has 0 atom stereocenters. The van der Waals surface area contributed by atoms with Crippen LogP contribution in [0.4, 0.5) is 18.9 Å². The Morgan fingerprint density at radius 2 is 1.83 bits per heavy atom. The molecule has 0 aliphatic rings. The summed E-state index contributed by atoms with van der Waals surface area (Å²) in [7, 11) is 0. The minimum absolute atomic E-state index is 0.0548. The van der Waals surface area contributed by atoms with Crippen molar-refractivity contribution in [3.63, 3.8) is 0 Å². The van der Waals surface area contributed by atoms with Crippen molar-refractivity contribution >= 4 is 46.6 Å². The van der Waals surface area contributed by atoms with Crippen molar-refractivity contribution in [1.29, 1.82) is 0 Å². The fourth-order valence-corrected chi connectivity index (χ4v) is 2.96. The molecule has 0 bridgehead atoms. The molecule has 0 aliphatic heterocycles. The first kappa shape index (κ1) is 18.0. The Morgan fingerprint density at radius 1 is 1.13 bits per heavy atom. The third-order valence-corrected chi connectivity index (χ3v) is 4.51. The molecule has 2 aromatic carbocycles. The van der Waals surface area contributed by atoms with Gasteiger partial charge in [0.25, 0.3) is 0 Å². The number of halogens is 5. The first-order valence-electron chi connectivity index (χ1n) is 6.31. The van der Waals surface area contributed by atoms with Gasteiger partial charge >= 0.3 is 6.18 Å². The number of thioether (sulfide) groups is 1. The van der Waals surface area contributed by atoms with Crippen molar-refractivity contribution in [3.05, 3.63) is 58.1 Å². The predicted molar refractivity (Wildman–Crippen MR) is 87.3 cm³/mol. The molecule has 122 valence electrons. The molecular weight excluding hydrogens is 370 g/mol. The molecule has 0 spiro atoms. The van der Waals surface area contributed by atoms with Gasteiger partial charge in [-0.3, -0.25) is 4.79 Å². The standard InChI is InChI=1S/C15H10Cl2F3NOS/c16-9-5-6-12(10(7-9)15(18,19)20)21-14(22)8-23-13-4-2-1-3-11(13)17/h1-7H,8H2,(H,21,22). The summed E-state index contributed by atoms with van der Waals surface area (Å²) in [4.78, 5) is 12.6. The lowest BCUT2D eigenvalue weighted by atomic mass is 10.1. The van der Waals surface area contributed by atoms with E-state index in [1.807, 2.05) is 0 Å². The lowest BCUT2D eigenvalue weighted by molar-refractivity contribution is -0.137. The van der Waals surface area contributed by atoms with Gasteiger partial charge in [-0.05, 0) is 30.3 Å². The molecule has 2 rings (SSSR count). The van der Waals surface area contributed by atoms with Gasteiger partial charge in [0, 0.05) is 9.92 Å². The van der Waals surface area contributed by atoms with Crippen molar-refractivity contribution in [3.8, 4) is 0 Å². The molecule has 1 N–H and O–H groups in total. The van der Waals surface area contributed by atoms with E-state index in [1.165, 1.54) is 6.07 Å². The third-order valence-electron chi connectivity index (χ3n) is 2.76. The lowest BCUT2D eigenvalue weighted by Gasteiger charge is -2.14. The Hall–Kier alpha value is -1.37. The van der Waals surface area contributed by atoms with Gasteiger partial charge in [-0.15, -0.1) is 11.8 Å². The first-order chi connectivity index (χ1) is 10.8. The highest BCUT2D eigenvalue weighted by Gasteiger charge is 2.34. The molecule has 0 radical (unpaired) electrons. The van der Waals surface area contributed by atoms with Gasteiger partial charge in [0.05, 0.1) is 22.0 Å². The van der Waals surface area contributed by atoms with Crippen LogP contribution in [0.1, 0.15) is 5.56 Å². The molecule has 0 aromatic heterocycles. The van der Waals surface area contributed by atoms with E-state index in [0.717, 1.165) is 23.9 Å². The van der Waals surface area contributed by atoms with Gasteiger partial charge in [0.1, 0.15) is 0 Å². The Morgan fingerprint density at radius 3 is 2.48 bits per heavy atom. The van der Waals surface area contributed by atoms with E-state index in [-0.39, 0.29) is 16.5 Å². The minimum Gasteiger partial charge on any atom is -0.325 e. The van der Waals surface area contributed by atoms with E-state index in [2.05, 4.69) is 5.32 Å². The number of carbonyl (C=O) groups excluding carboxylic acids is 1. The van der Waals surface area contributed by atoms with Crippen molar-refractivity contribution in [1.82, 2.24) is 0 Å². The van der Waals surface area contributed by atoms with E-state index >= 15 is 0 Å². The molecule has 2 aromatic rings. The zero-order chi connectivity index (χ0) is 17.0. The van der Waals surface area contributed by atoms with Crippen molar-refractivity contribution < 1.29 is 18.0 Å². The maximum Gasteiger partial charge on any atom is 0.418 e. The zero-order valence-electron chi connectivity index (χ0n) is 11.5. The predicted octanol–water partition coefficient (Wildman–Crippen LogP) is 5.74. The SMILES string of the molecule is O=C(CSc1ccccc1Cl)Nc1ccc(Cl)cc1C(F)(F)F. The summed E-state index contributed by atoms with van der Waals surface area (Å²) >= 11 is 12.7. The van der Waals surface area contributed by atoms with Gasteiger partial charge in [0.15, 0.2) is 0 Å². The van der Waals surface area contributed by atoms with Crippen molar-refractivity contribution in [2.75, 3.05) is 11.1 Å². The van der Waals surface area contributed by atoms with Crippen LogP contribution in [-0.4, -0.2) is 11.7 Å². The summed E-state index contributed by atoms with van der Waals surface area (Å²) in [5.74, 6) is -0.633. The highest BCUT2D eigenvalue weighted by atomic mass is 35.5. The first-order valence-corrected chi connectivity index (χ1v) is 8.05. The lowest BCUT2D eigenvalue weighted by Crippen LogP contribution is -2.18. The number of rotatable bonds is 4. The minimum atomic E-state index is -4.61.